The van der Waals surface area contributed by atoms with Crippen LogP contribution in [0.1, 0.15) is 25.3 Å². The lowest BCUT2D eigenvalue weighted by molar-refractivity contribution is -0.139. The summed E-state index contributed by atoms with van der Waals surface area (Å²) in [6.45, 7) is 5.45. The first kappa shape index (κ1) is 13.1. The maximum Gasteiger partial charge on any atom is 0.321 e. The Balaban J connectivity index is 2.61. The predicted molar refractivity (Wildman–Crippen MR) is 62.2 cm³/mol. The van der Waals surface area contributed by atoms with Crippen LogP contribution in [0.5, 0.6) is 0 Å². The van der Waals surface area contributed by atoms with Gasteiger partial charge in [-0.1, -0.05) is 0 Å². The van der Waals surface area contributed by atoms with Crippen LogP contribution in [-0.4, -0.2) is 26.8 Å². The molecule has 16 heavy (non-hydrogen) atoms. The molecule has 0 saturated carbocycles. The number of nitrogens with two attached hydrogens (primary N) is 1. The summed E-state index contributed by atoms with van der Waals surface area (Å²) >= 11 is 1.46. The van der Waals surface area contributed by atoms with Gasteiger partial charge in [0.2, 0.25) is 0 Å². The number of aliphatic carboxylic acids is 1. The van der Waals surface area contributed by atoms with Crippen LogP contribution in [0.2, 0.25) is 0 Å². The third-order valence-corrected chi connectivity index (χ3v) is 3.86. The molecule has 0 bridgehead atoms. The van der Waals surface area contributed by atoms with E-state index in [1.165, 1.54) is 18.2 Å². The van der Waals surface area contributed by atoms with Crippen LogP contribution in [-0.2, 0) is 10.5 Å². The van der Waals surface area contributed by atoms with Gasteiger partial charge in [-0.25, -0.2) is 4.98 Å². The normalized spacial score (nSPS) is 13.8. The van der Waals surface area contributed by atoms with Gasteiger partial charge in [0.05, 0.1) is 5.69 Å². The van der Waals surface area contributed by atoms with E-state index in [1.54, 1.807) is 0 Å². The molecule has 3 N–H and O–H groups in total. The third-order valence-electron chi connectivity index (χ3n) is 2.44. The van der Waals surface area contributed by atoms with E-state index >= 15 is 0 Å². The van der Waals surface area contributed by atoms with Crippen molar-refractivity contribution in [1.29, 1.82) is 0 Å². The minimum atomic E-state index is -0.991. The van der Waals surface area contributed by atoms with E-state index in [2.05, 4.69) is 4.98 Å². The van der Waals surface area contributed by atoms with Crippen LogP contribution >= 0.6 is 11.8 Å². The van der Waals surface area contributed by atoms with Crippen LogP contribution in [0.15, 0.2) is 10.8 Å². The number of carbonyl (C=O) groups is 1. The highest BCUT2D eigenvalue weighted by atomic mass is 32.2. The molecule has 0 unspecified atom stereocenters. The van der Waals surface area contributed by atoms with Crippen molar-refractivity contribution >= 4 is 17.7 Å². The Morgan fingerprint density at radius 3 is 2.81 bits per heavy atom. The zero-order valence-electron chi connectivity index (χ0n) is 9.56. The zero-order chi connectivity index (χ0) is 12.3. The summed E-state index contributed by atoms with van der Waals surface area (Å²) < 4.78 is 4.52. The van der Waals surface area contributed by atoms with E-state index < -0.39 is 16.8 Å². The first-order valence-corrected chi connectivity index (χ1v) is 5.84. The molecule has 1 heterocycles. The second kappa shape index (κ2) is 4.88. The molecular weight excluding hydrogens is 228 g/mol. The number of aromatic nitrogens is 1. The molecule has 6 heteroatoms. The number of carboxylic acid groups (broad SMARTS) is 1. The Hall–Kier alpha value is -1.01. The van der Waals surface area contributed by atoms with Gasteiger partial charge in [-0.15, -0.1) is 11.8 Å². The molecule has 0 radical (unpaired) electrons. The minimum absolute atomic E-state index is 0.544. The standard InChI is InChI=1S/C10H16N2O3S/c1-6-7(12-5-15-6)4-16-10(2,3)8(11)9(13)14/h5,8H,4,11H2,1-3H3,(H,13,14)/t8-/m0/s1. The van der Waals surface area contributed by atoms with Gasteiger partial charge in [0.1, 0.15) is 11.8 Å². The molecule has 0 aromatic carbocycles. The summed E-state index contributed by atoms with van der Waals surface area (Å²) in [6.07, 6.45) is 1.38. The van der Waals surface area contributed by atoms with Crippen LogP contribution in [0.3, 0.4) is 0 Å². The molecule has 0 fully saturated rings. The van der Waals surface area contributed by atoms with Gasteiger partial charge in [-0.2, -0.15) is 0 Å². The van der Waals surface area contributed by atoms with Crippen molar-refractivity contribution in [2.24, 2.45) is 5.73 Å². The van der Waals surface area contributed by atoms with Crippen molar-refractivity contribution in [3.63, 3.8) is 0 Å². The lowest BCUT2D eigenvalue weighted by Crippen LogP contribution is -2.46. The van der Waals surface area contributed by atoms with Gasteiger partial charge in [0.15, 0.2) is 6.39 Å². The fraction of sp³-hybridized carbons (Fsp3) is 0.600. The fourth-order valence-corrected chi connectivity index (χ4v) is 2.18. The molecule has 90 valence electrons. The van der Waals surface area contributed by atoms with E-state index in [0.717, 1.165) is 11.5 Å². The highest BCUT2D eigenvalue weighted by Gasteiger charge is 2.32. The average molecular weight is 244 g/mol. The van der Waals surface area contributed by atoms with E-state index in [4.69, 9.17) is 15.3 Å². The summed E-state index contributed by atoms with van der Waals surface area (Å²) in [5.41, 5.74) is 6.44. The lowest BCUT2D eigenvalue weighted by Gasteiger charge is -2.27. The van der Waals surface area contributed by atoms with E-state index in [-0.39, 0.29) is 0 Å². The van der Waals surface area contributed by atoms with Gasteiger partial charge in [-0.05, 0) is 20.8 Å². The Morgan fingerprint density at radius 2 is 2.38 bits per heavy atom. The van der Waals surface area contributed by atoms with Crippen LogP contribution < -0.4 is 5.73 Å². The molecule has 5 nitrogen and oxygen atoms in total. The maximum atomic E-state index is 10.8. The number of hydrogen-bond acceptors (Lipinski definition) is 5. The monoisotopic (exact) mass is 244 g/mol. The summed E-state index contributed by atoms with van der Waals surface area (Å²) in [5, 5.41) is 8.86. The van der Waals surface area contributed by atoms with E-state index in [9.17, 15) is 4.79 Å². The van der Waals surface area contributed by atoms with E-state index in [1.807, 2.05) is 20.8 Å². The summed E-state index contributed by atoms with van der Waals surface area (Å²) in [5.74, 6) is 0.359. The zero-order valence-corrected chi connectivity index (χ0v) is 10.4. The molecule has 0 spiro atoms. The second-order valence-corrected chi connectivity index (χ2v) is 5.69. The first-order valence-electron chi connectivity index (χ1n) is 4.86. The van der Waals surface area contributed by atoms with Crippen molar-refractivity contribution in [3.05, 3.63) is 17.8 Å². The van der Waals surface area contributed by atoms with Crippen molar-refractivity contribution < 1.29 is 14.3 Å². The van der Waals surface area contributed by atoms with Crippen LogP contribution in [0, 0.1) is 6.92 Å². The van der Waals surface area contributed by atoms with Gasteiger partial charge in [-0.3, -0.25) is 4.79 Å². The highest BCUT2D eigenvalue weighted by molar-refractivity contribution is 7.99. The van der Waals surface area contributed by atoms with Crippen molar-refractivity contribution in [2.45, 2.75) is 37.3 Å². The van der Waals surface area contributed by atoms with Crippen LogP contribution in [0.4, 0.5) is 0 Å². The predicted octanol–water partition coefficient (Wildman–Crippen LogP) is 1.41. The Kier molecular flexibility index (Phi) is 3.98. The number of oxazole rings is 1. The minimum Gasteiger partial charge on any atom is -0.480 e. The smallest absolute Gasteiger partial charge is 0.321 e. The van der Waals surface area contributed by atoms with Gasteiger partial charge < -0.3 is 15.3 Å². The average Bonchev–Trinajstić information content (AvgIpc) is 2.60. The fourth-order valence-electron chi connectivity index (χ4n) is 1.11. The lowest BCUT2D eigenvalue weighted by atomic mass is 10.1. The maximum absolute atomic E-state index is 10.8. The van der Waals surface area contributed by atoms with Gasteiger partial charge in [0, 0.05) is 10.5 Å². The summed E-state index contributed by atoms with van der Waals surface area (Å²) in [6, 6.07) is -0.898. The number of nitrogens with zero attached hydrogens (tertiary/aromatic N) is 1. The van der Waals surface area contributed by atoms with Crippen molar-refractivity contribution in [1.82, 2.24) is 4.98 Å². The molecule has 0 saturated heterocycles. The molecule has 0 aliphatic heterocycles. The molecule has 0 amide bonds. The number of thioether (sulfide) groups is 1. The highest BCUT2D eigenvalue weighted by Crippen LogP contribution is 2.30. The molecule has 1 rings (SSSR count). The largest absolute Gasteiger partial charge is 0.480 e. The van der Waals surface area contributed by atoms with Crippen molar-refractivity contribution in [3.8, 4) is 0 Å². The number of rotatable bonds is 5. The molecule has 1 atom stereocenters. The van der Waals surface area contributed by atoms with Gasteiger partial charge in [0.25, 0.3) is 0 Å². The third kappa shape index (κ3) is 2.99. The number of carboxylic acids is 1. The summed E-state index contributed by atoms with van der Waals surface area (Å²) in [7, 11) is 0. The van der Waals surface area contributed by atoms with Gasteiger partial charge >= 0.3 is 5.97 Å². The molecule has 0 aliphatic carbocycles. The quantitative estimate of drug-likeness (QED) is 0.814. The molecule has 1 aromatic rings. The first-order chi connectivity index (χ1) is 7.34. The Labute approximate surface area is 98.4 Å². The topological polar surface area (TPSA) is 89.4 Å². The van der Waals surface area contributed by atoms with Crippen molar-refractivity contribution in [2.75, 3.05) is 0 Å². The van der Waals surface area contributed by atoms with E-state index in [0.29, 0.717) is 5.75 Å². The number of aryl methyl sites for hydroxylation is 1. The SMILES string of the molecule is Cc1ocnc1CSC(C)(C)[C@@H](N)C(=O)O. The Morgan fingerprint density at radius 1 is 1.75 bits per heavy atom. The second-order valence-electron chi connectivity index (χ2n) is 4.06. The molecular formula is C10H16N2O3S. The number of hydrogen-bond donors (Lipinski definition) is 2. The molecule has 1 aromatic heterocycles. The Bertz CT molecular complexity index is 376. The molecule has 0 aliphatic rings. The summed E-state index contributed by atoms with van der Waals surface area (Å²) in [4.78, 5) is 14.8. The van der Waals surface area contributed by atoms with Crippen LogP contribution in [0.25, 0.3) is 0 Å².